The van der Waals surface area contributed by atoms with E-state index in [1.54, 1.807) is 12.1 Å². The Morgan fingerprint density at radius 2 is 0.962 bits per heavy atom. The number of hydrogen-bond donors (Lipinski definition) is 4. The third kappa shape index (κ3) is 3.08. The zero-order valence-electron chi connectivity index (χ0n) is 13.7. The minimum atomic E-state index is -0.345. The lowest BCUT2D eigenvalue weighted by Crippen LogP contribution is -2.19. The van der Waals surface area contributed by atoms with E-state index in [-0.39, 0.29) is 11.1 Å². The Morgan fingerprint density at radius 3 is 1.35 bits per heavy atom. The average Bonchev–Trinajstić information content (AvgIpc) is 2.67. The molecular formula is C20H16N4O2. The maximum absolute atomic E-state index is 12.1. The van der Waals surface area contributed by atoms with E-state index in [4.69, 9.17) is 0 Å². The molecule has 4 aromatic rings. The minimum Gasteiger partial charge on any atom is -0.354 e. The number of nitrogens with one attached hydrogen (secondary N) is 4. The summed E-state index contributed by atoms with van der Waals surface area (Å²) in [7, 11) is 0. The lowest BCUT2D eigenvalue weighted by Gasteiger charge is -2.15. The molecular weight excluding hydrogens is 328 g/mol. The first-order valence-corrected chi connectivity index (χ1v) is 8.13. The molecule has 0 aliphatic rings. The number of anilines is 4. The van der Waals surface area contributed by atoms with Gasteiger partial charge in [0, 0.05) is 11.4 Å². The molecule has 0 amide bonds. The van der Waals surface area contributed by atoms with Gasteiger partial charge in [-0.15, -0.1) is 0 Å². The molecule has 0 saturated heterocycles. The highest BCUT2D eigenvalue weighted by molar-refractivity contribution is 5.93. The Bertz CT molecular complexity index is 1070. The van der Waals surface area contributed by atoms with E-state index in [2.05, 4.69) is 20.8 Å². The Hall–Kier alpha value is -3.80. The lowest BCUT2D eigenvalue weighted by molar-refractivity contribution is 0.977. The van der Waals surface area contributed by atoms with Gasteiger partial charge in [-0.1, -0.05) is 36.4 Å². The number of fused-ring (bicyclic) bond motifs is 1. The van der Waals surface area contributed by atoms with Crippen molar-refractivity contribution < 1.29 is 0 Å². The molecule has 0 unspecified atom stereocenters. The molecule has 0 bridgehead atoms. The molecule has 0 spiro atoms. The molecule has 4 rings (SSSR count). The molecule has 0 atom stereocenters. The van der Waals surface area contributed by atoms with Gasteiger partial charge in [-0.2, -0.15) is 0 Å². The number of H-pyrrole nitrogens is 2. The molecule has 1 heterocycles. The Balaban J connectivity index is 1.88. The maximum Gasteiger partial charge on any atom is 0.270 e. The summed E-state index contributed by atoms with van der Waals surface area (Å²) in [6.45, 7) is 0. The summed E-state index contributed by atoms with van der Waals surface area (Å²) < 4.78 is 0. The second-order valence-corrected chi connectivity index (χ2v) is 5.83. The first-order chi connectivity index (χ1) is 12.7. The van der Waals surface area contributed by atoms with Crippen LogP contribution in [0.1, 0.15) is 0 Å². The van der Waals surface area contributed by atoms with Crippen molar-refractivity contribution in [2.45, 2.75) is 0 Å². The summed E-state index contributed by atoms with van der Waals surface area (Å²) in [4.78, 5) is 24.3. The largest absolute Gasteiger partial charge is 0.354 e. The van der Waals surface area contributed by atoms with Gasteiger partial charge in [-0.3, -0.25) is 19.8 Å². The molecule has 26 heavy (non-hydrogen) atoms. The van der Waals surface area contributed by atoms with Crippen LogP contribution < -0.4 is 21.8 Å². The summed E-state index contributed by atoms with van der Waals surface area (Å²) in [6.07, 6.45) is 0. The fourth-order valence-electron chi connectivity index (χ4n) is 2.78. The Morgan fingerprint density at radius 1 is 0.577 bits per heavy atom. The van der Waals surface area contributed by atoms with Crippen molar-refractivity contribution in [3.63, 3.8) is 0 Å². The molecule has 128 valence electrons. The van der Waals surface area contributed by atoms with Crippen LogP contribution in [-0.4, -0.2) is 10.2 Å². The van der Waals surface area contributed by atoms with E-state index >= 15 is 0 Å². The molecule has 0 saturated carbocycles. The van der Waals surface area contributed by atoms with E-state index in [0.717, 1.165) is 11.4 Å². The molecule has 6 nitrogen and oxygen atoms in total. The highest BCUT2D eigenvalue weighted by Gasteiger charge is 2.11. The number of hydrogen-bond acceptors (Lipinski definition) is 4. The zero-order valence-corrected chi connectivity index (χ0v) is 13.7. The standard InChI is InChI=1S/C20H16N4O2/c25-19-15-11-17(21-13-7-3-1-4-8-13)18(12-16(15)20(26)24-23-19)22-14-9-5-2-6-10-14/h1-12,21-22H,(H,23,25)(H,24,26). The molecule has 1 aromatic heterocycles. The maximum atomic E-state index is 12.1. The van der Waals surface area contributed by atoms with Crippen LogP contribution in [0.3, 0.4) is 0 Å². The zero-order chi connectivity index (χ0) is 17.9. The Labute approximate surface area is 148 Å². The lowest BCUT2D eigenvalue weighted by atomic mass is 10.1. The van der Waals surface area contributed by atoms with Crippen LogP contribution in [0.15, 0.2) is 82.4 Å². The number of para-hydroxylation sites is 2. The fourth-order valence-corrected chi connectivity index (χ4v) is 2.78. The number of aromatic amines is 2. The summed E-state index contributed by atoms with van der Waals surface area (Å²) in [6, 6.07) is 22.6. The van der Waals surface area contributed by atoms with Gasteiger partial charge in [-0.25, -0.2) is 0 Å². The minimum absolute atomic E-state index is 0.325. The van der Waals surface area contributed by atoms with Crippen molar-refractivity contribution in [2.75, 3.05) is 10.6 Å². The van der Waals surface area contributed by atoms with Crippen LogP contribution in [0.5, 0.6) is 0 Å². The van der Waals surface area contributed by atoms with Gasteiger partial charge >= 0.3 is 0 Å². The molecule has 6 heteroatoms. The van der Waals surface area contributed by atoms with Crippen LogP contribution >= 0.6 is 0 Å². The van der Waals surface area contributed by atoms with Crippen molar-refractivity contribution in [3.05, 3.63) is 93.5 Å². The van der Waals surface area contributed by atoms with Crippen molar-refractivity contribution >= 4 is 33.5 Å². The predicted octanol–water partition coefficient (Wildman–Crippen LogP) is 3.70. The molecule has 0 aliphatic carbocycles. The van der Waals surface area contributed by atoms with Crippen molar-refractivity contribution in [1.82, 2.24) is 10.2 Å². The summed E-state index contributed by atoms with van der Waals surface area (Å²) in [5, 5.41) is 12.0. The SMILES string of the molecule is O=c1[nH][nH]c(=O)c2cc(Nc3ccccc3)c(Nc3ccccc3)cc12. The van der Waals surface area contributed by atoms with E-state index in [9.17, 15) is 9.59 Å². The van der Waals surface area contributed by atoms with E-state index < -0.39 is 0 Å². The topological polar surface area (TPSA) is 89.8 Å². The third-order valence-corrected chi connectivity index (χ3v) is 4.04. The summed E-state index contributed by atoms with van der Waals surface area (Å²) in [5.41, 5.74) is 2.46. The molecule has 3 aromatic carbocycles. The second-order valence-electron chi connectivity index (χ2n) is 5.83. The van der Waals surface area contributed by atoms with Crippen molar-refractivity contribution in [3.8, 4) is 0 Å². The van der Waals surface area contributed by atoms with Crippen molar-refractivity contribution in [1.29, 1.82) is 0 Å². The molecule has 0 radical (unpaired) electrons. The predicted molar refractivity (Wildman–Crippen MR) is 105 cm³/mol. The quantitative estimate of drug-likeness (QED) is 0.454. The fraction of sp³-hybridized carbons (Fsp3) is 0. The molecule has 0 aliphatic heterocycles. The van der Waals surface area contributed by atoms with E-state index in [1.165, 1.54) is 0 Å². The monoisotopic (exact) mass is 344 g/mol. The number of rotatable bonds is 4. The smallest absolute Gasteiger partial charge is 0.270 e. The van der Waals surface area contributed by atoms with Gasteiger partial charge in [0.25, 0.3) is 11.1 Å². The van der Waals surface area contributed by atoms with Gasteiger partial charge in [0.2, 0.25) is 0 Å². The van der Waals surface area contributed by atoms with Crippen LogP contribution in [0.2, 0.25) is 0 Å². The normalized spacial score (nSPS) is 10.6. The van der Waals surface area contributed by atoms with Gasteiger partial charge < -0.3 is 10.6 Å². The van der Waals surface area contributed by atoms with E-state index in [1.807, 2.05) is 60.7 Å². The van der Waals surface area contributed by atoms with Gasteiger partial charge in [-0.05, 0) is 36.4 Å². The first-order valence-electron chi connectivity index (χ1n) is 8.13. The Kier molecular flexibility index (Phi) is 3.99. The second kappa shape index (κ2) is 6.60. The van der Waals surface area contributed by atoms with Gasteiger partial charge in [0.1, 0.15) is 0 Å². The summed E-state index contributed by atoms with van der Waals surface area (Å²) >= 11 is 0. The van der Waals surface area contributed by atoms with Gasteiger partial charge in [0.05, 0.1) is 22.1 Å². The number of aromatic nitrogens is 2. The van der Waals surface area contributed by atoms with E-state index in [0.29, 0.717) is 22.1 Å². The van der Waals surface area contributed by atoms with Crippen molar-refractivity contribution in [2.24, 2.45) is 0 Å². The first kappa shape index (κ1) is 15.7. The van der Waals surface area contributed by atoms with Crippen LogP contribution in [0.4, 0.5) is 22.7 Å². The third-order valence-electron chi connectivity index (χ3n) is 4.04. The van der Waals surface area contributed by atoms with Crippen LogP contribution in [-0.2, 0) is 0 Å². The molecule has 0 fully saturated rings. The van der Waals surface area contributed by atoms with Crippen LogP contribution in [0.25, 0.3) is 10.8 Å². The highest BCUT2D eigenvalue weighted by Crippen LogP contribution is 2.31. The van der Waals surface area contributed by atoms with Crippen LogP contribution in [0, 0.1) is 0 Å². The molecule has 4 N–H and O–H groups in total. The van der Waals surface area contributed by atoms with Gasteiger partial charge in [0.15, 0.2) is 0 Å². The number of benzene rings is 3. The average molecular weight is 344 g/mol. The summed E-state index contributed by atoms with van der Waals surface area (Å²) in [5.74, 6) is 0. The highest BCUT2D eigenvalue weighted by atomic mass is 16.1.